The predicted octanol–water partition coefficient (Wildman–Crippen LogP) is 4.28. The molecule has 0 atom stereocenters. The Hall–Kier alpha value is -4.07. The van der Waals surface area contributed by atoms with Crippen LogP contribution in [0, 0.1) is 29.1 Å². The van der Waals surface area contributed by atoms with Crippen LogP contribution in [0.4, 0.5) is 33.5 Å². The second-order valence-corrected chi connectivity index (χ2v) is 9.98. The number of halogens is 5. The number of benzene rings is 2. The summed E-state index contributed by atoms with van der Waals surface area (Å²) in [5.74, 6) is -9.11. The van der Waals surface area contributed by atoms with Crippen molar-refractivity contribution in [2.45, 2.75) is 23.8 Å². The Labute approximate surface area is 206 Å². The van der Waals surface area contributed by atoms with Gasteiger partial charge in [-0.15, -0.1) is 0 Å². The molecule has 0 radical (unpaired) electrons. The van der Waals surface area contributed by atoms with Gasteiger partial charge in [-0.3, -0.25) is 9.52 Å². The van der Waals surface area contributed by atoms with E-state index in [1.807, 2.05) is 4.90 Å². The SMILES string of the molecule is CN(c1ncnc2[nH]cc(C(=O)c3c(F)ccc(NS(=O)(=O)c4c(F)ccc(F)c4F)c3F)c12)C1CC1. The number of aromatic amines is 1. The first-order chi connectivity index (χ1) is 17.5. The molecule has 0 amide bonds. The molecule has 1 fully saturated rings. The minimum absolute atomic E-state index is 0.172. The van der Waals surface area contributed by atoms with Crippen molar-refractivity contribution in [3.8, 4) is 0 Å². The molecule has 2 aromatic heterocycles. The fourth-order valence-electron chi connectivity index (χ4n) is 3.95. The van der Waals surface area contributed by atoms with E-state index in [0.717, 1.165) is 12.8 Å². The van der Waals surface area contributed by atoms with Crippen LogP contribution in [0.2, 0.25) is 0 Å². The number of fused-ring (bicyclic) bond motifs is 1. The number of carbonyl (C=O) groups is 1. The summed E-state index contributed by atoms with van der Waals surface area (Å²) in [7, 11) is -3.48. The molecule has 0 aliphatic heterocycles. The maximum Gasteiger partial charge on any atom is 0.267 e. The zero-order valence-electron chi connectivity index (χ0n) is 18.8. The maximum absolute atomic E-state index is 15.4. The Kier molecular flexibility index (Phi) is 5.85. The van der Waals surface area contributed by atoms with Crippen LogP contribution >= 0.6 is 0 Å². The van der Waals surface area contributed by atoms with E-state index in [-0.39, 0.29) is 22.6 Å². The third kappa shape index (κ3) is 4.16. The number of ketones is 1. The van der Waals surface area contributed by atoms with Crippen molar-refractivity contribution in [3.63, 3.8) is 0 Å². The van der Waals surface area contributed by atoms with Crippen LogP contribution in [0.5, 0.6) is 0 Å². The highest BCUT2D eigenvalue weighted by Gasteiger charge is 2.33. The number of hydrogen-bond acceptors (Lipinski definition) is 6. The topological polar surface area (TPSA) is 108 Å². The zero-order chi connectivity index (χ0) is 26.6. The summed E-state index contributed by atoms with van der Waals surface area (Å²) in [5, 5.41) is 0.204. The van der Waals surface area contributed by atoms with Crippen LogP contribution in [-0.4, -0.2) is 42.2 Å². The second-order valence-electron chi connectivity index (χ2n) is 8.36. The summed E-state index contributed by atoms with van der Waals surface area (Å²) in [6.07, 6.45) is 4.25. The summed E-state index contributed by atoms with van der Waals surface area (Å²) in [6, 6.07) is 2.15. The Balaban J connectivity index is 1.58. The van der Waals surface area contributed by atoms with Crippen molar-refractivity contribution in [1.82, 2.24) is 15.0 Å². The summed E-state index contributed by atoms with van der Waals surface area (Å²) < 4.78 is 98.5. The summed E-state index contributed by atoms with van der Waals surface area (Å²) in [5.41, 5.74) is -2.07. The van der Waals surface area contributed by atoms with Gasteiger partial charge in [0.2, 0.25) is 5.78 Å². The molecule has 37 heavy (non-hydrogen) atoms. The normalized spacial score (nSPS) is 13.7. The van der Waals surface area contributed by atoms with Crippen LogP contribution in [0.1, 0.15) is 28.8 Å². The molecule has 2 heterocycles. The van der Waals surface area contributed by atoms with E-state index >= 15 is 4.39 Å². The second kappa shape index (κ2) is 8.80. The Morgan fingerprint density at radius 3 is 2.38 bits per heavy atom. The Morgan fingerprint density at radius 1 is 1.00 bits per heavy atom. The first-order valence-corrected chi connectivity index (χ1v) is 12.2. The fourth-order valence-corrected chi connectivity index (χ4v) is 5.16. The average molecular weight is 537 g/mol. The van der Waals surface area contributed by atoms with Crippen molar-refractivity contribution in [3.05, 3.63) is 77.0 Å². The molecular formula is C23H16F5N5O3S. The van der Waals surface area contributed by atoms with Crippen molar-refractivity contribution in [2.75, 3.05) is 16.7 Å². The van der Waals surface area contributed by atoms with Gasteiger partial charge in [-0.05, 0) is 37.1 Å². The smallest absolute Gasteiger partial charge is 0.267 e. The first kappa shape index (κ1) is 24.6. The lowest BCUT2D eigenvalue weighted by Gasteiger charge is -2.18. The van der Waals surface area contributed by atoms with Gasteiger partial charge in [0.1, 0.15) is 29.4 Å². The lowest BCUT2D eigenvalue weighted by atomic mass is 10.0. The molecule has 0 unspecified atom stereocenters. The highest BCUT2D eigenvalue weighted by Crippen LogP contribution is 2.35. The molecule has 5 rings (SSSR count). The monoisotopic (exact) mass is 537 g/mol. The highest BCUT2D eigenvalue weighted by atomic mass is 32.2. The van der Waals surface area contributed by atoms with E-state index in [1.165, 1.54) is 12.5 Å². The molecular weight excluding hydrogens is 521 g/mol. The van der Waals surface area contributed by atoms with Crippen LogP contribution < -0.4 is 9.62 Å². The molecule has 0 bridgehead atoms. The van der Waals surface area contributed by atoms with Crippen LogP contribution in [-0.2, 0) is 10.0 Å². The van der Waals surface area contributed by atoms with Gasteiger partial charge < -0.3 is 9.88 Å². The number of nitrogens with zero attached hydrogens (tertiary/aromatic N) is 3. The van der Waals surface area contributed by atoms with Gasteiger partial charge in [0, 0.05) is 19.3 Å². The third-order valence-electron chi connectivity index (χ3n) is 5.96. The fraction of sp³-hybridized carbons (Fsp3) is 0.174. The summed E-state index contributed by atoms with van der Waals surface area (Å²) in [4.78, 5) is 24.5. The standard InChI is InChI=1S/C23H16F5N5O3S/c1-33(10-2-3-10)23-16-11(8-29-22(16)30-9-31-23)20(34)17-12(24)6-7-15(19(17)28)32-37(35,36)21-14(26)5-4-13(25)18(21)27/h4-10,32H,2-3H2,1H3,(H,29,30,31). The quantitative estimate of drug-likeness (QED) is 0.207. The van der Waals surface area contributed by atoms with Gasteiger partial charge in [0.05, 0.1) is 22.2 Å². The molecule has 1 saturated carbocycles. The van der Waals surface area contributed by atoms with Crippen LogP contribution in [0.3, 0.4) is 0 Å². The molecule has 4 aromatic rings. The molecule has 192 valence electrons. The van der Waals surface area contributed by atoms with Crippen molar-refractivity contribution >= 4 is 38.3 Å². The lowest BCUT2D eigenvalue weighted by molar-refractivity contribution is 0.103. The summed E-state index contributed by atoms with van der Waals surface area (Å²) >= 11 is 0. The van der Waals surface area contributed by atoms with Crippen LogP contribution in [0.25, 0.3) is 11.0 Å². The van der Waals surface area contributed by atoms with Gasteiger partial charge in [-0.25, -0.2) is 40.3 Å². The minimum atomic E-state index is -5.23. The van der Waals surface area contributed by atoms with Crippen LogP contribution in [0.15, 0.2) is 41.7 Å². The Morgan fingerprint density at radius 2 is 1.68 bits per heavy atom. The zero-order valence-corrected chi connectivity index (χ0v) is 19.6. The number of nitrogens with one attached hydrogen (secondary N) is 2. The largest absolute Gasteiger partial charge is 0.356 e. The van der Waals surface area contributed by atoms with E-state index in [0.29, 0.717) is 30.1 Å². The lowest BCUT2D eigenvalue weighted by Crippen LogP contribution is -2.21. The average Bonchev–Trinajstić information content (AvgIpc) is 3.61. The molecule has 2 N–H and O–H groups in total. The van der Waals surface area contributed by atoms with E-state index < -0.39 is 61.0 Å². The number of carbonyl (C=O) groups excluding carboxylic acids is 1. The van der Waals surface area contributed by atoms with Crippen molar-refractivity contribution in [1.29, 1.82) is 0 Å². The number of hydrogen-bond donors (Lipinski definition) is 2. The van der Waals surface area contributed by atoms with Gasteiger partial charge >= 0.3 is 0 Å². The summed E-state index contributed by atoms with van der Waals surface area (Å²) in [6.45, 7) is 0. The number of H-pyrrole nitrogens is 1. The van der Waals surface area contributed by atoms with Gasteiger partial charge in [0.15, 0.2) is 22.3 Å². The maximum atomic E-state index is 15.4. The minimum Gasteiger partial charge on any atom is -0.356 e. The predicted molar refractivity (Wildman–Crippen MR) is 122 cm³/mol. The number of aromatic nitrogens is 3. The molecule has 1 aliphatic rings. The first-order valence-electron chi connectivity index (χ1n) is 10.7. The van der Waals surface area contributed by atoms with E-state index in [9.17, 15) is 30.8 Å². The molecule has 0 spiro atoms. The van der Waals surface area contributed by atoms with Gasteiger partial charge in [-0.2, -0.15) is 0 Å². The van der Waals surface area contributed by atoms with E-state index in [1.54, 1.807) is 11.8 Å². The van der Waals surface area contributed by atoms with Gasteiger partial charge in [0.25, 0.3) is 10.0 Å². The molecule has 1 aliphatic carbocycles. The number of anilines is 2. The molecule has 2 aromatic carbocycles. The van der Waals surface area contributed by atoms with E-state index in [2.05, 4.69) is 15.0 Å². The van der Waals surface area contributed by atoms with Crippen molar-refractivity contribution < 1.29 is 35.2 Å². The highest BCUT2D eigenvalue weighted by molar-refractivity contribution is 7.92. The van der Waals surface area contributed by atoms with E-state index in [4.69, 9.17) is 0 Å². The number of sulfonamides is 1. The van der Waals surface area contributed by atoms with Crippen molar-refractivity contribution in [2.24, 2.45) is 0 Å². The number of rotatable bonds is 7. The Bertz CT molecular complexity index is 1690. The van der Waals surface area contributed by atoms with Gasteiger partial charge in [-0.1, -0.05) is 0 Å². The third-order valence-corrected chi connectivity index (χ3v) is 7.36. The molecule has 8 nitrogen and oxygen atoms in total. The molecule has 14 heteroatoms. The molecule has 0 saturated heterocycles.